The largest absolute Gasteiger partial charge is 0.314 e. The molecule has 0 saturated heterocycles. The van der Waals surface area contributed by atoms with Gasteiger partial charge in [0.05, 0.1) is 22.1 Å². The number of hydrogen-bond acceptors (Lipinski definition) is 2. The second kappa shape index (κ2) is 19.2. The Morgan fingerprint density at radius 2 is 0.605 bits per heavy atom. The van der Waals surface area contributed by atoms with Crippen LogP contribution in [0.4, 0.5) is 28.4 Å². The quantitative estimate of drug-likeness (QED) is 0.128. The van der Waals surface area contributed by atoms with Crippen LogP contribution in [0.1, 0.15) is 18.4 Å². The van der Waals surface area contributed by atoms with Gasteiger partial charge in [0, 0.05) is 67.1 Å². The summed E-state index contributed by atoms with van der Waals surface area (Å²) < 4.78 is 4.76. The van der Waals surface area contributed by atoms with E-state index in [-0.39, 0.29) is 0 Å². The van der Waals surface area contributed by atoms with E-state index < -0.39 is 0 Å². The van der Waals surface area contributed by atoms with Crippen LogP contribution in [-0.2, 0) is 0 Å². The highest BCUT2D eigenvalue weighted by Gasteiger charge is 2.22. The van der Waals surface area contributed by atoms with Crippen LogP contribution in [0.15, 0.2) is 297 Å². The van der Waals surface area contributed by atoms with Crippen molar-refractivity contribution in [1.29, 1.82) is 0 Å². The molecule has 0 atom stereocenters. The Hall–Kier alpha value is -9.90. The van der Waals surface area contributed by atoms with Crippen LogP contribution in [0.25, 0.3) is 82.8 Å². The van der Waals surface area contributed by atoms with E-state index in [1.54, 1.807) is 0 Å². The number of para-hydroxylation sites is 4. The van der Waals surface area contributed by atoms with Gasteiger partial charge in [0.1, 0.15) is 0 Å². The lowest BCUT2D eigenvalue weighted by Gasteiger charge is -2.30. The highest BCUT2D eigenvalue weighted by molar-refractivity contribution is 6.12. The zero-order valence-corrected chi connectivity index (χ0v) is 41.9. The fourth-order valence-corrected chi connectivity index (χ4v) is 11.6. The van der Waals surface area contributed by atoms with Crippen LogP contribution in [0, 0.1) is 0 Å². The normalized spacial score (nSPS) is 12.5. The van der Waals surface area contributed by atoms with Crippen LogP contribution >= 0.6 is 0 Å². The van der Waals surface area contributed by atoms with Crippen molar-refractivity contribution >= 4 is 77.6 Å². The number of aromatic nitrogens is 2. The van der Waals surface area contributed by atoms with Gasteiger partial charge in [0.15, 0.2) is 0 Å². The highest BCUT2D eigenvalue weighted by atomic mass is 15.2. The second-order valence-corrected chi connectivity index (χ2v) is 19.7. The summed E-state index contributed by atoms with van der Waals surface area (Å²) in [5, 5.41) is 4.91. The fraction of sp³-hybridized carbons (Fsp3) is 0.0278. The molecule has 0 saturated carbocycles. The lowest BCUT2D eigenvalue weighted by Crippen LogP contribution is -2.18. The van der Waals surface area contributed by atoms with Crippen LogP contribution in [0.5, 0.6) is 0 Å². The average molecular weight is 973 g/mol. The molecule has 76 heavy (non-hydrogen) atoms. The van der Waals surface area contributed by atoms with Gasteiger partial charge in [0.25, 0.3) is 0 Å². The molecule has 0 aliphatic heterocycles. The SMILES string of the molecule is C1=C(c2ccccc2)CCC(N(c2ccc(-c3ccc(N(c4ccc(-c5ccccc5)cc4)c4ccc5c(c4)c4ccccc4n5-c4ccccc4)cc3)cc2)c2ccc3c(c2)c2ccccc2n3-c2ccccc2)=C1. The van der Waals surface area contributed by atoms with Crippen molar-refractivity contribution in [2.24, 2.45) is 0 Å². The maximum absolute atomic E-state index is 2.47. The van der Waals surface area contributed by atoms with E-state index in [4.69, 9.17) is 0 Å². The molecule has 0 unspecified atom stereocenters. The summed E-state index contributed by atoms with van der Waals surface area (Å²) in [4.78, 5) is 4.85. The molecule has 0 amide bonds. The Bertz CT molecular complexity index is 4290. The summed E-state index contributed by atoms with van der Waals surface area (Å²) in [7, 11) is 0. The monoisotopic (exact) mass is 972 g/mol. The smallest absolute Gasteiger partial charge is 0.0542 e. The number of hydrogen-bond donors (Lipinski definition) is 0. The molecule has 0 N–H and O–H groups in total. The number of fused-ring (bicyclic) bond motifs is 6. The lowest BCUT2D eigenvalue weighted by molar-refractivity contribution is 0.930. The Balaban J connectivity index is 0.840. The van der Waals surface area contributed by atoms with E-state index >= 15 is 0 Å². The lowest BCUT2D eigenvalue weighted by atomic mass is 9.95. The zero-order chi connectivity index (χ0) is 50.4. The molecule has 1 aliphatic rings. The fourth-order valence-electron chi connectivity index (χ4n) is 11.6. The van der Waals surface area contributed by atoms with Crippen LogP contribution < -0.4 is 9.80 Å². The minimum atomic E-state index is 0.918. The molecule has 11 aromatic carbocycles. The topological polar surface area (TPSA) is 16.3 Å². The number of rotatable bonds is 11. The van der Waals surface area contributed by atoms with Gasteiger partial charge in [-0.1, -0.05) is 176 Å². The van der Waals surface area contributed by atoms with Crippen LogP contribution in [0.2, 0.25) is 0 Å². The van der Waals surface area contributed by atoms with Gasteiger partial charge >= 0.3 is 0 Å². The average Bonchev–Trinajstić information content (AvgIpc) is 4.07. The molecule has 0 bridgehead atoms. The van der Waals surface area contributed by atoms with Gasteiger partial charge in [0.2, 0.25) is 0 Å². The third kappa shape index (κ3) is 8.05. The Labute approximate surface area is 443 Å². The molecule has 4 nitrogen and oxygen atoms in total. The number of anilines is 5. The maximum atomic E-state index is 2.47. The van der Waals surface area contributed by atoms with Gasteiger partial charge in [-0.25, -0.2) is 0 Å². The molecule has 13 aromatic rings. The first-order chi connectivity index (χ1) is 37.7. The molecule has 0 fully saturated rings. The molecular weight excluding hydrogens is 921 g/mol. The summed E-state index contributed by atoms with van der Waals surface area (Å²) >= 11 is 0. The molecule has 1 aliphatic carbocycles. The second-order valence-electron chi connectivity index (χ2n) is 19.7. The van der Waals surface area contributed by atoms with E-state index in [0.29, 0.717) is 0 Å². The Kier molecular flexibility index (Phi) is 11.3. The zero-order valence-electron chi connectivity index (χ0n) is 41.9. The third-order valence-corrected chi connectivity index (χ3v) is 15.2. The van der Waals surface area contributed by atoms with Crippen molar-refractivity contribution in [3.63, 3.8) is 0 Å². The first kappa shape index (κ1) is 44.8. The van der Waals surface area contributed by atoms with E-state index in [1.807, 2.05) is 0 Å². The summed E-state index contributed by atoms with van der Waals surface area (Å²) in [6.45, 7) is 0. The number of allylic oxidation sites excluding steroid dienone is 4. The molecular formula is C72H52N4. The van der Waals surface area contributed by atoms with E-state index in [2.05, 4.69) is 310 Å². The highest BCUT2D eigenvalue weighted by Crippen LogP contribution is 2.43. The summed E-state index contributed by atoms with van der Waals surface area (Å²) in [6, 6.07) is 101. The predicted molar refractivity (Wildman–Crippen MR) is 321 cm³/mol. The first-order valence-electron chi connectivity index (χ1n) is 26.3. The van der Waals surface area contributed by atoms with Gasteiger partial charge in [-0.05, 0) is 162 Å². The van der Waals surface area contributed by atoms with E-state index in [1.165, 1.54) is 71.6 Å². The van der Waals surface area contributed by atoms with Crippen LogP contribution in [-0.4, -0.2) is 9.13 Å². The summed E-state index contributed by atoms with van der Waals surface area (Å²) in [5.41, 5.74) is 21.2. The molecule has 360 valence electrons. The summed E-state index contributed by atoms with van der Waals surface area (Å²) in [6.07, 6.45) is 6.53. The van der Waals surface area contributed by atoms with Gasteiger partial charge in [-0.3, -0.25) is 0 Å². The van der Waals surface area contributed by atoms with E-state index in [9.17, 15) is 0 Å². The Morgan fingerprint density at radius 1 is 0.250 bits per heavy atom. The predicted octanol–water partition coefficient (Wildman–Crippen LogP) is 19.6. The van der Waals surface area contributed by atoms with Crippen molar-refractivity contribution in [3.05, 3.63) is 302 Å². The van der Waals surface area contributed by atoms with Gasteiger partial charge in [-0.15, -0.1) is 0 Å². The molecule has 14 rings (SSSR count). The molecule has 4 heteroatoms. The number of nitrogens with zero attached hydrogens (tertiary/aromatic N) is 4. The van der Waals surface area contributed by atoms with E-state index in [0.717, 1.165) is 63.8 Å². The van der Waals surface area contributed by atoms with Crippen LogP contribution in [0.3, 0.4) is 0 Å². The van der Waals surface area contributed by atoms with Crippen molar-refractivity contribution in [2.45, 2.75) is 12.8 Å². The Morgan fingerprint density at radius 3 is 1.05 bits per heavy atom. The van der Waals surface area contributed by atoms with Gasteiger partial charge < -0.3 is 18.9 Å². The third-order valence-electron chi connectivity index (χ3n) is 15.2. The van der Waals surface area contributed by atoms with Crippen molar-refractivity contribution in [3.8, 4) is 33.6 Å². The minimum Gasteiger partial charge on any atom is -0.314 e. The molecule has 0 radical (unpaired) electrons. The molecule has 2 heterocycles. The molecule has 2 aromatic heterocycles. The maximum Gasteiger partial charge on any atom is 0.0542 e. The minimum absolute atomic E-state index is 0.918. The van der Waals surface area contributed by atoms with Crippen molar-refractivity contribution in [2.75, 3.05) is 9.80 Å². The van der Waals surface area contributed by atoms with Crippen molar-refractivity contribution < 1.29 is 0 Å². The molecule has 0 spiro atoms. The summed E-state index contributed by atoms with van der Waals surface area (Å²) in [5.74, 6) is 0. The van der Waals surface area contributed by atoms with Gasteiger partial charge in [-0.2, -0.15) is 0 Å². The first-order valence-corrected chi connectivity index (χ1v) is 26.3. The van der Waals surface area contributed by atoms with Crippen molar-refractivity contribution in [1.82, 2.24) is 9.13 Å². The number of benzene rings is 11. The standard InChI is InChI=1S/C72H52N4/c1-5-17-51(18-6-1)53-29-37-59(38-30-53)73(63-45-47-71-67(49-63)65-25-13-15-27-69(65)75(71)57-21-9-3-10-22-57)61-41-33-55(34-42-61)56-35-43-62(44-36-56)74(60-39-31-54(32-40-60)52-19-7-2-8-20-52)64-46-48-72-68(50-64)66-26-14-16-28-70(66)76(72)58-23-11-4-12-24-58/h1-31,33-39,41-50H,32,40H2.